The number of hydrogen-bond donors (Lipinski definition) is 0. The molecule has 0 N–H and O–H groups in total. The first-order chi connectivity index (χ1) is 29.2. The van der Waals surface area contributed by atoms with Gasteiger partial charge >= 0.3 is 0 Å². The second kappa shape index (κ2) is 17.5. The van der Waals surface area contributed by atoms with Gasteiger partial charge in [0.2, 0.25) is 0 Å². The lowest BCUT2D eigenvalue weighted by Gasteiger charge is -2.32. The number of aryl methyl sites for hydroxylation is 4. The lowest BCUT2D eigenvalue weighted by Crippen LogP contribution is -2.24. The molecule has 7 aromatic carbocycles. The van der Waals surface area contributed by atoms with Gasteiger partial charge in [0.15, 0.2) is 0 Å². The van der Waals surface area contributed by atoms with Crippen LogP contribution in [0.25, 0.3) is 11.1 Å². The Morgan fingerprint density at radius 3 is 1.12 bits per heavy atom. The van der Waals surface area contributed by atoms with E-state index >= 15 is 0 Å². The van der Waals surface area contributed by atoms with Crippen LogP contribution in [0.15, 0.2) is 152 Å². The maximum Gasteiger partial charge on any atom is 0.119 e. The quantitative estimate of drug-likeness (QED) is 0.0966. The zero-order chi connectivity index (χ0) is 41.8. The van der Waals surface area contributed by atoms with E-state index in [2.05, 4.69) is 210 Å². The first-order valence-corrected chi connectivity index (χ1v) is 21.7. The predicted molar refractivity (Wildman–Crippen MR) is 253 cm³/mol. The van der Waals surface area contributed by atoms with E-state index in [-0.39, 0.29) is 0 Å². The van der Waals surface area contributed by atoms with Crippen molar-refractivity contribution in [2.24, 2.45) is 0 Å². The molecule has 0 spiro atoms. The van der Waals surface area contributed by atoms with Gasteiger partial charge in [-0.25, -0.2) is 0 Å². The van der Waals surface area contributed by atoms with Crippen LogP contribution in [0, 0.1) is 27.7 Å². The van der Waals surface area contributed by atoms with Crippen molar-refractivity contribution in [2.45, 2.75) is 79.6 Å². The van der Waals surface area contributed by atoms with Gasteiger partial charge in [0.25, 0.3) is 0 Å². The Bertz CT molecular complexity index is 2380. The lowest BCUT2D eigenvalue weighted by atomic mass is 9.73. The highest BCUT2D eigenvalue weighted by Gasteiger charge is 2.42. The molecule has 4 nitrogen and oxygen atoms in total. The van der Waals surface area contributed by atoms with Crippen molar-refractivity contribution in [2.75, 3.05) is 23.0 Å². The van der Waals surface area contributed by atoms with Crippen LogP contribution in [0.3, 0.4) is 0 Å². The molecular weight excluding hydrogens is 733 g/mol. The Labute approximate surface area is 358 Å². The molecule has 0 aromatic heterocycles. The minimum absolute atomic E-state index is 0.445. The fourth-order valence-electron chi connectivity index (χ4n) is 8.69. The van der Waals surface area contributed by atoms with Crippen LogP contribution < -0.4 is 19.3 Å². The maximum absolute atomic E-state index is 6.08. The Balaban J connectivity index is 1.27. The van der Waals surface area contributed by atoms with Gasteiger partial charge in [-0.05, 0) is 172 Å². The van der Waals surface area contributed by atoms with E-state index in [4.69, 9.17) is 9.47 Å². The largest absolute Gasteiger partial charge is 0.494 e. The molecule has 0 saturated carbocycles. The van der Waals surface area contributed by atoms with Crippen molar-refractivity contribution in [3.8, 4) is 22.6 Å². The first-order valence-electron chi connectivity index (χ1n) is 21.7. The van der Waals surface area contributed by atoms with Gasteiger partial charge in [0.1, 0.15) is 11.5 Å². The molecule has 0 heterocycles. The number of ether oxygens (including phenoxy) is 2. The van der Waals surface area contributed by atoms with E-state index in [0.717, 1.165) is 84.5 Å². The smallest absolute Gasteiger partial charge is 0.119 e. The molecule has 0 fully saturated rings. The summed E-state index contributed by atoms with van der Waals surface area (Å²) in [6.45, 7) is 17.0. The van der Waals surface area contributed by atoms with E-state index in [1.807, 2.05) is 0 Å². The highest BCUT2D eigenvalue weighted by atomic mass is 16.5. The monoisotopic (exact) mass is 790 g/mol. The molecule has 0 radical (unpaired) electrons. The summed E-state index contributed by atoms with van der Waals surface area (Å²) in [6.07, 6.45) is 4.30. The van der Waals surface area contributed by atoms with E-state index in [1.165, 1.54) is 50.1 Å². The van der Waals surface area contributed by atoms with Gasteiger partial charge in [0, 0.05) is 39.5 Å². The van der Waals surface area contributed by atoms with Crippen LogP contribution in [0.4, 0.5) is 34.1 Å². The van der Waals surface area contributed by atoms with Crippen molar-refractivity contribution < 1.29 is 9.47 Å². The van der Waals surface area contributed by atoms with Gasteiger partial charge in [-0.1, -0.05) is 104 Å². The molecule has 7 aromatic rings. The number of hydrogen-bond acceptors (Lipinski definition) is 4. The van der Waals surface area contributed by atoms with Gasteiger partial charge in [-0.2, -0.15) is 0 Å². The lowest BCUT2D eigenvalue weighted by molar-refractivity contribution is 0.309. The van der Waals surface area contributed by atoms with Crippen LogP contribution in [-0.4, -0.2) is 13.2 Å². The average Bonchev–Trinajstić information content (AvgIpc) is 3.51. The summed E-state index contributed by atoms with van der Waals surface area (Å²) in [5.74, 6) is 1.80. The second-order valence-electron chi connectivity index (χ2n) is 16.7. The van der Waals surface area contributed by atoms with Crippen LogP contribution in [0.5, 0.6) is 11.5 Å². The highest BCUT2D eigenvalue weighted by molar-refractivity contribution is 5.90. The normalized spacial score (nSPS) is 12.4. The molecule has 0 amide bonds. The molecule has 4 heteroatoms. The molecule has 0 unspecified atom stereocenters. The van der Waals surface area contributed by atoms with Gasteiger partial charge < -0.3 is 19.3 Å². The molecular formula is C56H58N2O2. The fourth-order valence-corrected chi connectivity index (χ4v) is 8.69. The Kier molecular flexibility index (Phi) is 11.8. The Morgan fingerprint density at radius 1 is 0.400 bits per heavy atom. The van der Waals surface area contributed by atoms with E-state index < -0.39 is 5.41 Å². The van der Waals surface area contributed by atoms with E-state index in [9.17, 15) is 0 Å². The molecule has 60 heavy (non-hydrogen) atoms. The summed E-state index contributed by atoms with van der Waals surface area (Å²) in [5, 5.41) is 0. The summed E-state index contributed by atoms with van der Waals surface area (Å²) in [6, 6.07) is 56.0. The van der Waals surface area contributed by atoms with Crippen LogP contribution in [0.1, 0.15) is 85.4 Å². The standard InChI is InChI=1S/C56H58N2O2/c1-8-10-32-59-50-26-20-46(21-27-50)57(44-16-12-39(3)13-17-44)48-24-30-52-53-31-25-49(38-55(53)56(7,54(52)37-48)43-35-41(5)34-42(6)36-43)58(45-18-14-40(4)15-19-45)47-22-28-51(29-23-47)60-33-11-9-2/h12-31,34-38H,8-11,32-33H2,1-7H3. The van der Waals surface area contributed by atoms with E-state index in [0.29, 0.717) is 0 Å². The highest BCUT2D eigenvalue weighted by Crippen LogP contribution is 2.55. The van der Waals surface area contributed by atoms with Crippen molar-refractivity contribution in [3.63, 3.8) is 0 Å². The number of anilines is 6. The molecule has 1 aliphatic rings. The Morgan fingerprint density at radius 2 is 0.750 bits per heavy atom. The molecule has 0 atom stereocenters. The third kappa shape index (κ3) is 8.16. The SMILES string of the molecule is CCCCOc1ccc(N(c2ccc(C)cc2)c2ccc3c(c2)C(C)(c2cc(C)cc(C)c2)c2cc(N(c4ccc(C)cc4)c4ccc(OCCCC)cc4)ccc2-3)cc1. The van der Waals surface area contributed by atoms with E-state index in [1.54, 1.807) is 0 Å². The molecule has 0 bridgehead atoms. The molecule has 1 aliphatic carbocycles. The van der Waals surface area contributed by atoms with Crippen LogP contribution >= 0.6 is 0 Å². The van der Waals surface area contributed by atoms with Crippen LogP contribution in [0.2, 0.25) is 0 Å². The zero-order valence-corrected chi connectivity index (χ0v) is 36.4. The summed E-state index contributed by atoms with van der Waals surface area (Å²) in [4.78, 5) is 4.75. The number of unbranched alkanes of at least 4 members (excludes halogenated alkanes) is 2. The minimum Gasteiger partial charge on any atom is -0.494 e. The van der Waals surface area contributed by atoms with Crippen molar-refractivity contribution in [1.29, 1.82) is 0 Å². The first kappa shape index (κ1) is 40.5. The third-order valence-corrected chi connectivity index (χ3v) is 12.0. The fraction of sp³-hybridized carbons (Fsp3) is 0.250. The molecule has 0 saturated heterocycles. The van der Waals surface area contributed by atoms with Crippen molar-refractivity contribution in [1.82, 2.24) is 0 Å². The summed E-state index contributed by atoms with van der Waals surface area (Å²) in [5.41, 5.74) is 17.6. The topological polar surface area (TPSA) is 24.9 Å². The molecule has 8 rings (SSSR count). The summed E-state index contributed by atoms with van der Waals surface area (Å²) < 4.78 is 12.2. The number of fused-ring (bicyclic) bond motifs is 3. The third-order valence-electron chi connectivity index (χ3n) is 12.0. The number of rotatable bonds is 15. The summed E-state index contributed by atoms with van der Waals surface area (Å²) >= 11 is 0. The molecule has 0 aliphatic heterocycles. The van der Waals surface area contributed by atoms with Gasteiger partial charge in [0.05, 0.1) is 13.2 Å². The van der Waals surface area contributed by atoms with Gasteiger partial charge in [-0.3, -0.25) is 0 Å². The number of nitrogens with zero attached hydrogens (tertiary/aromatic N) is 2. The number of benzene rings is 7. The van der Waals surface area contributed by atoms with Crippen molar-refractivity contribution >= 4 is 34.1 Å². The predicted octanol–water partition coefficient (Wildman–Crippen LogP) is 15.6. The second-order valence-corrected chi connectivity index (χ2v) is 16.7. The van der Waals surface area contributed by atoms with Gasteiger partial charge in [-0.15, -0.1) is 0 Å². The maximum atomic E-state index is 6.08. The minimum atomic E-state index is -0.445. The summed E-state index contributed by atoms with van der Waals surface area (Å²) in [7, 11) is 0. The van der Waals surface area contributed by atoms with Crippen LogP contribution in [-0.2, 0) is 5.41 Å². The average molecular weight is 791 g/mol. The molecule has 304 valence electrons. The zero-order valence-electron chi connectivity index (χ0n) is 36.4. The van der Waals surface area contributed by atoms with Crippen molar-refractivity contribution in [3.05, 3.63) is 191 Å². The Hall–Kier alpha value is -6.26.